The topological polar surface area (TPSA) is 146 Å². The van der Waals surface area contributed by atoms with Gasteiger partial charge in [0.05, 0.1) is 33.9 Å². The summed E-state index contributed by atoms with van der Waals surface area (Å²) in [5.41, 5.74) is 1.63. The number of nitrogens with zero attached hydrogens (tertiary/aromatic N) is 3. The van der Waals surface area contributed by atoms with Gasteiger partial charge in [0.25, 0.3) is 16.7 Å². The second-order valence-corrected chi connectivity index (χ2v) is 13.6. The lowest BCUT2D eigenvalue weighted by Crippen LogP contribution is -2.36. The molecule has 11 heteroatoms. The first kappa shape index (κ1) is 32.7. The molecular weight excluding hydrogens is 653 g/mol. The van der Waals surface area contributed by atoms with Crippen LogP contribution in [0.2, 0.25) is 0 Å². The molecule has 4 N–H and O–H groups in total. The summed E-state index contributed by atoms with van der Waals surface area (Å²) in [4.78, 5) is 48.9. The Hall–Kier alpha value is -5.81. The van der Waals surface area contributed by atoms with E-state index in [1.165, 1.54) is 18.2 Å². The smallest absolute Gasteiger partial charge is 0.268 e. The Bertz CT molecular complexity index is 2630. The van der Waals surface area contributed by atoms with Crippen LogP contribution in [-0.2, 0) is 6.54 Å². The highest BCUT2D eigenvalue weighted by molar-refractivity contribution is 7.80. The molecule has 0 unspecified atom stereocenters. The van der Waals surface area contributed by atoms with E-state index in [1.807, 2.05) is 64.1 Å². The lowest BCUT2D eigenvalue weighted by molar-refractivity contribution is 0.420. The Balaban J connectivity index is 1.58. The molecule has 5 aromatic rings. The standard InChI is InChI=1S/C39H34N4O6S/c1-19(2)40-30-17-29-33-32-28(36(46)42(38(48)34(30)32)18-21-13-25(44)15-26(45)14-21)16-31(41-20(3)4)35(33)39(49)43(37(29)47)24-9-5-22(6-10-24)23-7-11-27(50)12-8-23/h5-17,19-20,41,44-46,50H,18H2,1-4H3. The Morgan fingerprint density at radius 1 is 0.740 bits per heavy atom. The Kier molecular flexibility index (Phi) is 8.02. The van der Waals surface area contributed by atoms with Crippen molar-refractivity contribution in [1.29, 1.82) is 0 Å². The van der Waals surface area contributed by atoms with Gasteiger partial charge in [-0.2, -0.15) is 0 Å². The summed E-state index contributed by atoms with van der Waals surface area (Å²) in [7, 11) is 0. The Morgan fingerprint density at radius 3 is 1.96 bits per heavy atom. The van der Waals surface area contributed by atoms with Crippen LogP contribution in [0, 0.1) is 0 Å². The molecule has 2 aliphatic rings. The van der Waals surface area contributed by atoms with Crippen LogP contribution in [0.4, 0.5) is 5.69 Å². The van der Waals surface area contributed by atoms with E-state index in [-0.39, 0.29) is 68.2 Å². The molecule has 50 heavy (non-hydrogen) atoms. The van der Waals surface area contributed by atoms with Gasteiger partial charge in [-0.25, -0.2) is 4.57 Å². The summed E-state index contributed by atoms with van der Waals surface area (Å²) in [5, 5.41) is 36.3. The van der Waals surface area contributed by atoms with Crippen molar-refractivity contribution in [3.63, 3.8) is 0 Å². The van der Waals surface area contributed by atoms with Crippen molar-refractivity contribution in [3.8, 4) is 45.3 Å². The number of hydrogen-bond acceptors (Lipinski definition) is 9. The monoisotopic (exact) mass is 686 g/mol. The normalized spacial score (nSPS) is 12.3. The maximum atomic E-state index is 14.6. The van der Waals surface area contributed by atoms with Gasteiger partial charge in [0.1, 0.15) is 11.5 Å². The fraction of sp³-hybridized carbons (Fsp3) is 0.179. The first-order chi connectivity index (χ1) is 23.8. The number of benzene rings is 5. The third-order valence-electron chi connectivity index (χ3n) is 8.66. The molecule has 0 radical (unpaired) electrons. The lowest BCUT2D eigenvalue weighted by Gasteiger charge is -2.23. The third kappa shape index (κ3) is 5.49. The van der Waals surface area contributed by atoms with Crippen molar-refractivity contribution in [2.24, 2.45) is 4.99 Å². The van der Waals surface area contributed by atoms with E-state index in [0.717, 1.165) is 25.2 Å². The molecule has 0 bridgehead atoms. The molecule has 0 saturated heterocycles. The van der Waals surface area contributed by atoms with Gasteiger partial charge in [-0.1, -0.05) is 24.3 Å². The zero-order chi connectivity index (χ0) is 35.6. The van der Waals surface area contributed by atoms with Crippen LogP contribution in [0.1, 0.15) is 33.3 Å². The molecule has 4 aromatic carbocycles. The molecule has 0 spiro atoms. The largest absolute Gasteiger partial charge is 0.508 e. The number of hydrogen-bond donors (Lipinski definition) is 5. The highest BCUT2D eigenvalue weighted by Crippen LogP contribution is 2.41. The predicted octanol–water partition coefficient (Wildman–Crippen LogP) is 5.90. The molecule has 0 amide bonds. The summed E-state index contributed by atoms with van der Waals surface area (Å²) in [6.07, 6.45) is 0. The molecule has 1 aliphatic heterocycles. The van der Waals surface area contributed by atoms with Gasteiger partial charge in [0.15, 0.2) is 0 Å². The fourth-order valence-electron chi connectivity index (χ4n) is 6.68. The summed E-state index contributed by atoms with van der Waals surface area (Å²) in [6, 6.07) is 21.5. The van der Waals surface area contributed by atoms with Gasteiger partial charge in [0, 0.05) is 45.1 Å². The van der Waals surface area contributed by atoms with Gasteiger partial charge in [-0.3, -0.25) is 23.9 Å². The van der Waals surface area contributed by atoms with Crippen molar-refractivity contribution in [1.82, 2.24) is 9.13 Å². The van der Waals surface area contributed by atoms with Crippen LogP contribution in [-0.4, -0.2) is 36.5 Å². The second-order valence-electron chi connectivity index (χ2n) is 13.0. The van der Waals surface area contributed by atoms with Crippen LogP contribution in [0.25, 0.3) is 49.5 Å². The summed E-state index contributed by atoms with van der Waals surface area (Å²) < 4.78 is 2.27. The van der Waals surface area contributed by atoms with Gasteiger partial charge >= 0.3 is 0 Å². The zero-order valence-corrected chi connectivity index (χ0v) is 28.6. The summed E-state index contributed by atoms with van der Waals surface area (Å²) in [5.74, 6) is -0.810. The quantitative estimate of drug-likeness (QED) is 0.104. The molecule has 252 valence electrons. The fourth-order valence-corrected chi connectivity index (χ4v) is 6.83. The van der Waals surface area contributed by atoms with Crippen LogP contribution in [0.15, 0.2) is 103 Å². The van der Waals surface area contributed by atoms with E-state index in [4.69, 9.17) is 4.99 Å². The number of aromatic nitrogens is 2. The Morgan fingerprint density at radius 2 is 1.36 bits per heavy atom. The number of pyridine rings is 2. The number of anilines is 1. The van der Waals surface area contributed by atoms with Crippen LogP contribution in [0.3, 0.4) is 0 Å². The number of thiol groups is 1. The van der Waals surface area contributed by atoms with E-state index < -0.39 is 22.6 Å². The molecule has 10 nitrogen and oxygen atoms in total. The Labute approximate surface area is 291 Å². The molecule has 7 rings (SSSR count). The molecule has 1 aliphatic carbocycles. The number of rotatable bonds is 7. The van der Waals surface area contributed by atoms with Crippen LogP contribution >= 0.6 is 12.6 Å². The van der Waals surface area contributed by atoms with Crippen molar-refractivity contribution in [2.45, 2.75) is 51.2 Å². The first-order valence-corrected chi connectivity index (χ1v) is 16.6. The third-order valence-corrected chi connectivity index (χ3v) is 8.96. The summed E-state index contributed by atoms with van der Waals surface area (Å²) in [6.45, 7) is 7.31. The minimum absolute atomic E-state index is 0.137. The summed E-state index contributed by atoms with van der Waals surface area (Å²) >= 11 is 4.36. The maximum Gasteiger partial charge on any atom is 0.268 e. The van der Waals surface area contributed by atoms with E-state index in [1.54, 1.807) is 24.3 Å². The molecule has 0 atom stereocenters. The lowest BCUT2D eigenvalue weighted by atomic mass is 9.89. The van der Waals surface area contributed by atoms with Crippen LogP contribution < -0.4 is 27.4 Å². The van der Waals surface area contributed by atoms with Gasteiger partial charge in [-0.15, -0.1) is 12.6 Å². The first-order valence-electron chi connectivity index (χ1n) is 16.2. The minimum atomic E-state index is -0.608. The van der Waals surface area contributed by atoms with E-state index in [0.29, 0.717) is 16.9 Å². The van der Waals surface area contributed by atoms with Crippen molar-refractivity contribution >= 4 is 39.9 Å². The van der Waals surface area contributed by atoms with E-state index in [2.05, 4.69) is 17.9 Å². The highest BCUT2D eigenvalue weighted by Gasteiger charge is 2.30. The average molecular weight is 687 g/mol. The van der Waals surface area contributed by atoms with Gasteiger partial charge in [-0.05, 0) is 92.9 Å². The molecule has 1 aromatic heterocycles. The molecular formula is C39H34N4O6S. The van der Waals surface area contributed by atoms with E-state index >= 15 is 0 Å². The second kappa shape index (κ2) is 12.3. The number of phenolic OH excluding ortho intramolecular Hbond substituents is 2. The SMILES string of the molecule is CC(C)N=c1cc2c(=O)n(-c3ccc(-c4ccc(S)cc4)cc3)c(=O)c3c(NC(C)C)cc4c(O)n(Cc5cc(O)cc(O)c5)c(=O)c1c4c3-2. The molecule has 2 heterocycles. The average Bonchev–Trinajstić information content (AvgIpc) is 3.05. The number of aromatic hydroxyl groups is 3. The van der Waals surface area contributed by atoms with Crippen molar-refractivity contribution in [2.75, 3.05) is 5.32 Å². The molecule has 0 fully saturated rings. The predicted molar refractivity (Wildman–Crippen MR) is 199 cm³/mol. The minimum Gasteiger partial charge on any atom is -0.508 e. The van der Waals surface area contributed by atoms with E-state index in [9.17, 15) is 29.7 Å². The van der Waals surface area contributed by atoms with Gasteiger partial charge < -0.3 is 20.6 Å². The zero-order valence-electron chi connectivity index (χ0n) is 27.7. The maximum absolute atomic E-state index is 14.6. The van der Waals surface area contributed by atoms with Crippen molar-refractivity contribution < 1.29 is 15.3 Å². The van der Waals surface area contributed by atoms with Gasteiger partial charge in [0.2, 0.25) is 5.88 Å². The van der Waals surface area contributed by atoms with Crippen LogP contribution in [0.5, 0.6) is 17.4 Å². The number of phenols is 2. The highest BCUT2D eigenvalue weighted by atomic mass is 32.1. The molecule has 0 saturated carbocycles. The number of nitrogens with one attached hydrogen (secondary N) is 1. The van der Waals surface area contributed by atoms with Crippen molar-refractivity contribution in [3.05, 3.63) is 121 Å².